The molecule has 1 fully saturated rings. The van der Waals surface area contributed by atoms with Gasteiger partial charge in [-0.1, -0.05) is 0 Å². The SMILES string of the molecule is Fc1ccc(-c2nn3c(c2-c2c(F)cnc4[nH]ncc24)CC[C@H]2[C@@H]3C2(F)F)nc1. The summed E-state index contributed by atoms with van der Waals surface area (Å²) in [6.07, 6.45) is 4.11. The van der Waals surface area contributed by atoms with E-state index in [4.69, 9.17) is 0 Å². The minimum atomic E-state index is -2.84. The summed E-state index contributed by atoms with van der Waals surface area (Å²) >= 11 is 0. The molecule has 0 aromatic carbocycles. The number of fused-ring (bicyclic) bond motifs is 4. The summed E-state index contributed by atoms with van der Waals surface area (Å²) in [6, 6.07) is 1.56. The van der Waals surface area contributed by atoms with Gasteiger partial charge in [0.2, 0.25) is 0 Å². The van der Waals surface area contributed by atoms with E-state index < -0.39 is 29.5 Å². The third kappa shape index (κ3) is 2.16. The highest BCUT2D eigenvalue weighted by Gasteiger charge is 2.71. The summed E-state index contributed by atoms with van der Waals surface area (Å²) in [5.74, 6) is -4.78. The van der Waals surface area contributed by atoms with Crippen LogP contribution in [-0.4, -0.2) is 35.9 Å². The highest BCUT2D eigenvalue weighted by Crippen LogP contribution is 2.64. The van der Waals surface area contributed by atoms with Gasteiger partial charge in [0.25, 0.3) is 5.92 Å². The zero-order valence-electron chi connectivity index (χ0n) is 14.7. The standard InChI is InChI=1S/C19H12F4N6/c20-8-1-3-12(24-5-8)16-15(14-9-6-26-27-18(9)25-7-11(14)21)13-4-2-10-17(19(10,22)23)29(13)28-16/h1,3,5-7,10,17H,2,4H2,(H,25,26,27)/t10-,17+/m0/s1. The van der Waals surface area contributed by atoms with Gasteiger partial charge in [0, 0.05) is 22.2 Å². The molecule has 5 heterocycles. The van der Waals surface area contributed by atoms with E-state index in [-0.39, 0.29) is 23.4 Å². The number of pyridine rings is 2. The molecule has 1 aliphatic heterocycles. The van der Waals surface area contributed by atoms with Crippen molar-refractivity contribution in [3.8, 4) is 22.5 Å². The lowest BCUT2D eigenvalue weighted by atomic mass is 9.95. The van der Waals surface area contributed by atoms with Crippen LogP contribution < -0.4 is 0 Å². The van der Waals surface area contributed by atoms with Gasteiger partial charge in [-0.25, -0.2) is 22.5 Å². The van der Waals surface area contributed by atoms with Crippen molar-refractivity contribution in [1.82, 2.24) is 29.9 Å². The fourth-order valence-corrected chi connectivity index (χ4v) is 4.37. The Morgan fingerprint density at radius 3 is 2.72 bits per heavy atom. The van der Waals surface area contributed by atoms with Gasteiger partial charge in [0.1, 0.15) is 23.4 Å². The number of nitrogens with zero attached hydrogens (tertiary/aromatic N) is 5. The van der Waals surface area contributed by atoms with Crippen molar-refractivity contribution in [2.45, 2.75) is 24.8 Å². The van der Waals surface area contributed by atoms with Crippen molar-refractivity contribution in [2.24, 2.45) is 5.92 Å². The Labute approximate surface area is 160 Å². The molecule has 0 bridgehead atoms. The lowest BCUT2D eigenvalue weighted by Gasteiger charge is -2.13. The monoisotopic (exact) mass is 400 g/mol. The topological polar surface area (TPSA) is 72.3 Å². The first-order chi connectivity index (χ1) is 14.0. The number of alkyl halides is 2. The van der Waals surface area contributed by atoms with Crippen LogP contribution in [0.2, 0.25) is 0 Å². The van der Waals surface area contributed by atoms with Gasteiger partial charge in [0.15, 0.2) is 5.65 Å². The van der Waals surface area contributed by atoms with E-state index in [9.17, 15) is 17.6 Å². The van der Waals surface area contributed by atoms with Gasteiger partial charge < -0.3 is 0 Å². The number of aromatic nitrogens is 6. The van der Waals surface area contributed by atoms with E-state index in [1.807, 2.05) is 0 Å². The highest BCUT2D eigenvalue weighted by atomic mass is 19.3. The number of hydrogen-bond acceptors (Lipinski definition) is 4. The van der Waals surface area contributed by atoms with Crippen LogP contribution in [0, 0.1) is 17.6 Å². The van der Waals surface area contributed by atoms with Gasteiger partial charge >= 0.3 is 0 Å². The van der Waals surface area contributed by atoms with E-state index >= 15 is 0 Å². The quantitative estimate of drug-likeness (QED) is 0.518. The van der Waals surface area contributed by atoms with Crippen molar-refractivity contribution in [2.75, 3.05) is 0 Å². The predicted molar refractivity (Wildman–Crippen MR) is 94.1 cm³/mol. The summed E-state index contributed by atoms with van der Waals surface area (Å²) in [5.41, 5.74) is 1.93. The second-order valence-electron chi connectivity index (χ2n) is 7.35. The van der Waals surface area contributed by atoms with Crippen molar-refractivity contribution in [3.63, 3.8) is 0 Å². The average Bonchev–Trinajstić information content (AvgIpc) is 3.08. The van der Waals surface area contributed by atoms with Crippen LogP contribution in [-0.2, 0) is 6.42 Å². The maximum atomic E-state index is 15.0. The van der Waals surface area contributed by atoms with E-state index in [0.29, 0.717) is 28.7 Å². The van der Waals surface area contributed by atoms with E-state index in [1.54, 1.807) is 0 Å². The predicted octanol–water partition coefficient (Wildman–Crippen LogP) is 3.91. The van der Waals surface area contributed by atoms with Crippen LogP contribution in [0.3, 0.4) is 0 Å². The first-order valence-corrected chi connectivity index (χ1v) is 9.06. The minimum absolute atomic E-state index is 0.175. The van der Waals surface area contributed by atoms with Crippen molar-refractivity contribution < 1.29 is 17.6 Å². The Morgan fingerprint density at radius 1 is 1.07 bits per heavy atom. The van der Waals surface area contributed by atoms with Crippen LogP contribution in [0.1, 0.15) is 18.2 Å². The molecule has 29 heavy (non-hydrogen) atoms. The first kappa shape index (κ1) is 16.6. The Balaban J connectivity index is 1.68. The fourth-order valence-electron chi connectivity index (χ4n) is 4.37. The van der Waals surface area contributed by atoms with E-state index in [1.165, 1.54) is 23.0 Å². The molecule has 0 saturated heterocycles. The molecule has 1 aliphatic carbocycles. The zero-order chi connectivity index (χ0) is 19.9. The van der Waals surface area contributed by atoms with Gasteiger partial charge in [0.05, 0.1) is 30.2 Å². The maximum Gasteiger partial charge on any atom is 0.275 e. The number of H-pyrrole nitrogens is 1. The molecule has 2 atom stereocenters. The second-order valence-corrected chi connectivity index (χ2v) is 7.35. The molecule has 0 amide bonds. The summed E-state index contributed by atoms with van der Waals surface area (Å²) in [4.78, 5) is 8.03. The Kier molecular flexibility index (Phi) is 3.10. The van der Waals surface area contributed by atoms with Gasteiger partial charge in [-0.15, -0.1) is 0 Å². The van der Waals surface area contributed by atoms with Crippen molar-refractivity contribution in [3.05, 3.63) is 48.1 Å². The summed E-state index contributed by atoms with van der Waals surface area (Å²) in [6.45, 7) is 0. The molecule has 0 unspecified atom stereocenters. The van der Waals surface area contributed by atoms with Crippen LogP contribution in [0.4, 0.5) is 17.6 Å². The van der Waals surface area contributed by atoms with Gasteiger partial charge in [-0.2, -0.15) is 10.2 Å². The largest absolute Gasteiger partial charge is 0.275 e. The molecule has 10 heteroatoms. The Morgan fingerprint density at radius 2 is 1.93 bits per heavy atom. The van der Waals surface area contributed by atoms with Crippen LogP contribution in [0.5, 0.6) is 0 Å². The molecule has 0 radical (unpaired) electrons. The highest BCUT2D eigenvalue weighted by molar-refractivity contribution is 5.97. The van der Waals surface area contributed by atoms with Crippen LogP contribution in [0.25, 0.3) is 33.5 Å². The minimum Gasteiger partial charge on any atom is -0.261 e. The normalized spacial score (nSPS) is 21.8. The number of nitrogens with one attached hydrogen (secondary N) is 1. The molecule has 4 aromatic rings. The molecule has 1 N–H and O–H groups in total. The number of rotatable bonds is 2. The summed E-state index contributed by atoms with van der Waals surface area (Å²) in [5, 5.41) is 11.4. The Hall–Kier alpha value is -3.30. The van der Waals surface area contributed by atoms with E-state index in [2.05, 4.69) is 25.3 Å². The first-order valence-electron chi connectivity index (χ1n) is 9.06. The summed E-state index contributed by atoms with van der Waals surface area (Å²) in [7, 11) is 0. The lowest BCUT2D eigenvalue weighted by Crippen LogP contribution is -2.11. The maximum absolute atomic E-state index is 15.0. The number of hydrogen-bond donors (Lipinski definition) is 1. The number of halogens is 4. The molecule has 2 aliphatic rings. The Bertz CT molecular complexity index is 1280. The number of aromatic amines is 1. The van der Waals surface area contributed by atoms with E-state index in [0.717, 1.165) is 12.4 Å². The average molecular weight is 400 g/mol. The summed E-state index contributed by atoms with van der Waals surface area (Å²) < 4.78 is 58.1. The smallest absolute Gasteiger partial charge is 0.261 e. The van der Waals surface area contributed by atoms with Gasteiger partial charge in [-0.05, 0) is 25.0 Å². The van der Waals surface area contributed by atoms with Crippen molar-refractivity contribution >= 4 is 11.0 Å². The third-order valence-electron chi connectivity index (χ3n) is 5.78. The molecule has 1 saturated carbocycles. The van der Waals surface area contributed by atoms with Crippen LogP contribution >= 0.6 is 0 Å². The third-order valence-corrected chi connectivity index (χ3v) is 5.78. The molecular formula is C19H12F4N6. The van der Waals surface area contributed by atoms with Crippen LogP contribution in [0.15, 0.2) is 30.7 Å². The molecule has 0 spiro atoms. The van der Waals surface area contributed by atoms with Gasteiger partial charge in [-0.3, -0.25) is 14.8 Å². The van der Waals surface area contributed by atoms with Crippen molar-refractivity contribution in [1.29, 1.82) is 0 Å². The fraction of sp³-hybridized carbons (Fsp3) is 0.263. The second kappa shape index (κ2) is 5.40. The zero-order valence-corrected chi connectivity index (χ0v) is 14.7. The lowest BCUT2D eigenvalue weighted by molar-refractivity contribution is 0.0850. The molecule has 146 valence electrons. The molecule has 6 nitrogen and oxygen atoms in total. The molecular weight excluding hydrogens is 388 g/mol. The molecule has 4 aromatic heterocycles. The molecule has 6 rings (SSSR count).